The molecule has 14 heavy (non-hydrogen) atoms. The molecule has 0 spiro atoms. The SMILES string of the molecule is CCS(=O)(=O)[C@H]1CC[C@](C#N)(CO)C1. The molecule has 1 N–H and O–H groups in total. The fraction of sp³-hybridized carbons (Fsp3) is 0.889. The average Bonchev–Trinajstić information content (AvgIpc) is 2.63. The maximum atomic E-state index is 11.5. The van der Waals surface area contributed by atoms with Crippen molar-refractivity contribution in [1.82, 2.24) is 0 Å². The minimum atomic E-state index is -3.05. The summed E-state index contributed by atoms with van der Waals surface area (Å²) in [6.07, 6.45) is 1.28. The first kappa shape index (κ1) is 11.5. The maximum absolute atomic E-state index is 11.5. The molecule has 0 aromatic rings. The second-order valence-corrected chi connectivity index (χ2v) is 6.44. The zero-order chi connectivity index (χ0) is 10.8. The maximum Gasteiger partial charge on any atom is 0.152 e. The Morgan fingerprint density at radius 2 is 2.29 bits per heavy atom. The Morgan fingerprint density at radius 1 is 1.64 bits per heavy atom. The summed E-state index contributed by atoms with van der Waals surface area (Å²) in [6, 6.07) is 2.04. The lowest BCUT2D eigenvalue weighted by Gasteiger charge is -2.16. The van der Waals surface area contributed by atoms with Gasteiger partial charge in [-0.2, -0.15) is 5.26 Å². The molecule has 2 atom stereocenters. The zero-order valence-electron chi connectivity index (χ0n) is 8.23. The van der Waals surface area contributed by atoms with Crippen LogP contribution in [-0.2, 0) is 9.84 Å². The predicted molar refractivity (Wildman–Crippen MR) is 52.2 cm³/mol. The average molecular weight is 217 g/mol. The monoisotopic (exact) mass is 217 g/mol. The van der Waals surface area contributed by atoms with Gasteiger partial charge in [-0.3, -0.25) is 0 Å². The molecule has 0 aromatic heterocycles. The molecule has 0 bridgehead atoms. The van der Waals surface area contributed by atoms with Crippen LogP contribution in [0.3, 0.4) is 0 Å². The Labute approximate surface area is 84.5 Å². The number of aliphatic hydroxyl groups is 1. The van der Waals surface area contributed by atoms with Crippen LogP contribution < -0.4 is 0 Å². The third-order valence-corrected chi connectivity index (χ3v) is 5.24. The molecule has 1 rings (SSSR count). The van der Waals surface area contributed by atoms with E-state index in [0.29, 0.717) is 12.8 Å². The van der Waals surface area contributed by atoms with E-state index in [2.05, 4.69) is 0 Å². The fourth-order valence-corrected chi connectivity index (χ4v) is 3.42. The number of rotatable bonds is 3. The third kappa shape index (κ3) is 1.91. The summed E-state index contributed by atoms with van der Waals surface area (Å²) in [7, 11) is -3.05. The number of aliphatic hydroxyl groups excluding tert-OH is 1. The van der Waals surface area contributed by atoms with E-state index in [9.17, 15) is 8.42 Å². The minimum Gasteiger partial charge on any atom is -0.395 e. The Bertz CT molecular complexity index is 344. The molecule has 0 saturated heterocycles. The second kappa shape index (κ2) is 3.87. The Balaban J connectivity index is 2.81. The fourth-order valence-electron chi connectivity index (χ4n) is 1.90. The number of hydrogen-bond donors (Lipinski definition) is 1. The van der Waals surface area contributed by atoms with E-state index in [4.69, 9.17) is 10.4 Å². The second-order valence-electron chi connectivity index (χ2n) is 3.87. The lowest BCUT2D eigenvalue weighted by molar-refractivity contribution is 0.180. The van der Waals surface area contributed by atoms with Crippen LogP contribution in [0.25, 0.3) is 0 Å². The predicted octanol–water partition coefficient (Wildman–Crippen LogP) is 0.476. The highest BCUT2D eigenvalue weighted by Crippen LogP contribution is 2.40. The van der Waals surface area contributed by atoms with Gasteiger partial charge in [-0.05, 0) is 19.3 Å². The Hall–Kier alpha value is -0.600. The third-order valence-electron chi connectivity index (χ3n) is 3.01. The van der Waals surface area contributed by atoms with E-state index in [1.165, 1.54) is 0 Å². The normalized spacial score (nSPS) is 32.8. The lowest BCUT2D eigenvalue weighted by Crippen LogP contribution is -2.25. The van der Waals surface area contributed by atoms with Gasteiger partial charge in [0.25, 0.3) is 0 Å². The number of nitrogens with zero attached hydrogens (tertiary/aromatic N) is 1. The van der Waals surface area contributed by atoms with Gasteiger partial charge < -0.3 is 5.11 Å². The van der Waals surface area contributed by atoms with Crippen LogP contribution in [-0.4, -0.2) is 31.1 Å². The molecule has 0 amide bonds. The van der Waals surface area contributed by atoms with E-state index in [1.54, 1.807) is 6.92 Å². The summed E-state index contributed by atoms with van der Waals surface area (Å²) in [5.74, 6) is 0.116. The molecule has 80 valence electrons. The molecule has 0 aliphatic heterocycles. The molecular weight excluding hydrogens is 202 g/mol. The van der Waals surface area contributed by atoms with Crippen molar-refractivity contribution in [3.63, 3.8) is 0 Å². The van der Waals surface area contributed by atoms with Crippen molar-refractivity contribution in [1.29, 1.82) is 5.26 Å². The molecule has 0 radical (unpaired) electrons. The van der Waals surface area contributed by atoms with E-state index in [1.807, 2.05) is 6.07 Å². The molecule has 1 aliphatic rings. The summed E-state index contributed by atoms with van der Waals surface area (Å²) in [6.45, 7) is 1.37. The smallest absolute Gasteiger partial charge is 0.152 e. The highest BCUT2D eigenvalue weighted by Gasteiger charge is 2.43. The molecule has 5 heteroatoms. The van der Waals surface area contributed by atoms with Gasteiger partial charge in [0, 0.05) is 5.75 Å². The molecule has 0 heterocycles. The van der Waals surface area contributed by atoms with Gasteiger partial charge in [-0.25, -0.2) is 8.42 Å². The molecular formula is C9H15NO3S. The Morgan fingerprint density at radius 3 is 2.64 bits per heavy atom. The quantitative estimate of drug-likeness (QED) is 0.745. The molecule has 0 unspecified atom stereocenters. The van der Waals surface area contributed by atoms with Crippen LogP contribution in [0.1, 0.15) is 26.2 Å². The van der Waals surface area contributed by atoms with Gasteiger partial charge in [0.15, 0.2) is 9.84 Å². The van der Waals surface area contributed by atoms with E-state index < -0.39 is 20.5 Å². The highest BCUT2D eigenvalue weighted by atomic mass is 32.2. The van der Waals surface area contributed by atoms with Crippen molar-refractivity contribution < 1.29 is 13.5 Å². The first-order chi connectivity index (χ1) is 6.49. The van der Waals surface area contributed by atoms with Gasteiger partial charge in [0.1, 0.15) is 0 Å². The summed E-state index contributed by atoms with van der Waals surface area (Å²) >= 11 is 0. The molecule has 1 fully saturated rings. The van der Waals surface area contributed by atoms with Crippen LogP contribution in [0.2, 0.25) is 0 Å². The molecule has 4 nitrogen and oxygen atoms in total. The van der Waals surface area contributed by atoms with Crippen molar-refractivity contribution in [2.24, 2.45) is 5.41 Å². The van der Waals surface area contributed by atoms with Crippen LogP contribution in [0.4, 0.5) is 0 Å². The van der Waals surface area contributed by atoms with Crippen molar-refractivity contribution in [3.8, 4) is 6.07 Å². The van der Waals surface area contributed by atoms with Crippen molar-refractivity contribution in [3.05, 3.63) is 0 Å². The van der Waals surface area contributed by atoms with Gasteiger partial charge >= 0.3 is 0 Å². The van der Waals surface area contributed by atoms with Gasteiger partial charge in [0.2, 0.25) is 0 Å². The zero-order valence-corrected chi connectivity index (χ0v) is 9.05. The van der Waals surface area contributed by atoms with E-state index in [-0.39, 0.29) is 18.8 Å². The van der Waals surface area contributed by atoms with E-state index >= 15 is 0 Å². The van der Waals surface area contributed by atoms with Crippen LogP contribution in [0.15, 0.2) is 0 Å². The number of hydrogen-bond acceptors (Lipinski definition) is 4. The van der Waals surface area contributed by atoms with Crippen LogP contribution >= 0.6 is 0 Å². The highest BCUT2D eigenvalue weighted by molar-refractivity contribution is 7.92. The topological polar surface area (TPSA) is 78.2 Å². The standard InChI is InChI=1S/C9H15NO3S/c1-2-14(12,13)8-3-4-9(5-8,6-10)7-11/h8,11H,2-5,7H2,1H3/t8-,9-/m0/s1. The molecule has 1 saturated carbocycles. The summed E-state index contributed by atoms with van der Waals surface area (Å²) in [4.78, 5) is 0. The van der Waals surface area contributed by atoms with E-state index in [0.717, 1.165) is 0 Å². The summed E-state index contributed by atoms with van der Waals surface area (Å²) < 4.78 is 23.1. The van der Waals surface area contributed by atoms with Crippen LogP contribution in [0.5, 0.6) is 0 Å². The summed E-state index contributed by atoms with van der Waals surface area (Å²) in [5.41, 5.74) is -0.813. The lowest BCUT2D eigenvalue weighted by atomic mass is 9.89. The van der Waals surface area contributed by atoms with Gasteiger partial charge in [-0.1, -0.05) is 6.92 Å². The van der Waals surface area contributed by atoms with Crippen LogP contribution in [0, 0.1) is 16.7 Å². The van der Waals surface area contributed by atoms with Crippen molar-refractivity contribution in [2.45, 2.75) is 31.4 Å². The van der Waals surface area contributed by atoms with Crippen molar-refractivity contribution in [2.75, 3.05) is 12.4 Å². The molecule has 1 aliphatic carbocycles. The molecule has 0 aromatic carbocycles. The number of nitriles is 1. The van der Waals surface area contributed by atoms with Crippen molar-refractivity contribution >= 4 is 9.84 Å². The largest absolute Gasteiger partial charge is 0.395 e. The summed E-state index contributed by atoms with van der Waals surface area (Å²) in [5, 5.41) is 17.5. The van der Waals surface area contributed by atoms with Gasteiger partial charge in [-0.15, -0.1) is 0 Å². The first-order valence-corrected chi connectivity index (χ1v) is 6.45. The Kier molecular flexibility index (Phi) is 3.17. The van der Waals surface area contributed by atoms with Gasteiger partial charge in [0.05, 0.1) is 23.3 Å². The minimum absolute atomic E-state index is 0.116. The number of sulfone groups is 1. The first-order valence-electron chi connectivity index (χ1n) is 4.73.